The van der Waals surface area contributed by atoms with E-state index >= 15 is 0 Å². The summed E-state index contributed by atoms with van der Waals surface area (Å²) in [6.45, 7) is 4.19. The summed E-state index contributed by atoms with van der Waals surface area (Å²) in [5.41, 5.74) is 0. The number of likely N-dealkylation sites (N-methyl/N-ethyl adjacent to an activating group) is 1. The van der Waals surface area contributed by atoms with Gasteiger partial charge in [0.25, 0.3) is 0 Å². The van der Waals surface area contributed by atoms with Crippen LogP contribution in [0.15, 0.2) is 0 Å². The molecule has 78 valence electrons. The molecule has 0 aliphatic heterocycles. The Morgan fingerprint density at radius 2 is 2.08 bits per heavy atom. The minimum atomic E-state index is -0.279. The Morgan fingerprint density at radius 1 is 1.46 bits per heavy atom. The number of amides is 1. The first-order valence-electron chi connectivity index (χ1n) is 4.71. The highest BCUT2D eigenvalue weighted by Crippen LogP contribution is 1.93. The van der Waals surface area contributed by atoms with Gasteiger partial charge in [-0.1, -0.05) is 0 Å². The summed E-state index contributed by atoms with van der Waals surface area (Å²) < 4.78 is 0. The molecule has 3 N–H and O–H groups in total. The standard InChI is InChI=1S/C9H20N2O2/c1-7(12)5-4-6-11-9(13)8(2)10-3/h7-8,10,12H,4-6H2,1-3H3,(H,11,13). The molecule has 4 nitrogen and oxygen atoms in total. The molecule has 0 aliphatic carbocycles. The van der Waals surface area contributed by atoms with Gasteiger partial charge in [-0.3, -0.25) is 4.79 Å². The van der Waals surface area contributed by atoms with E-state index < -0.39 is 0 Å². The third kappa shape index (κ3) is 6.54. The first-order valence-corrected chi connectivity index (χ1v) is 4.71. The number of aliphatic hydroxyl groups is 1. The van der Waals surface area contributed by atoms with Crippen LogP contribution < -0.4 is 10.6 Å². The van der Waals surface area contributed by atoms with Gasteiger partial charge in [-0.05, 0) is 33.7 Å². The quantitative estimate of drug-likeness (QED) is 0.509. The lowest BCUT2D eigenvalue weighted by atomic mass is 10.2. The van der Waals surface area contributed by atoms with Crippen LogP contribution in [0.25, 0.3) is 0 Å². The summed E-state index contributed by atoms with van der Waals surface area (Å²) in [7, 11) is 1.75. The van der Waals surface area contributed by atoms with Gasteiger partial charge in [-0.2, -0.15) is 0 Å². The third-order valence-corrected chi connectivity index (χ3v) is 1.92. The lowest BCUT2D eigenvalue weighted by Gasteiger charge is -2.11. The Bertz CT molecular complexity index is 149. The lowest BCUT2D eigenvalue weighted by molar-refractivity contribution is -0.122. The summed E-state index contributed by atoms with van der Waals surface area (Å²) in [4.78, 5) is 11.2. The van der Waals surface area contributed by atoms with Gasteiger partial charge in [0.2, 0.25) is 5.91 Å². The van der Waals surface area contributed by atoms with Crippen molar-refractivity contribution in [2.45, 2.75) is 38.8 Å². The molecular formula is C9H20N2O2. The smallest absolute Gasteiger partial charge is 0.236 e. The van der Waals surface area contributed by atoms with Gasteiger partial charge in [-0.25, -0.2) is 0 Å². The molecule has 2 atom stereocenters. The highest BCUT2D eigenvalue weighted by atomic mass is 16.3. The van der Waals surface area contributed by atoms with Crippen molar-refractivity contribution in [3.05, 3.63) is 0 Å². The Morgan fingerprint density at radius 3 is 2.54 bits per heavy atom. The maximum absolute atomic E-state index is 11.2. The zero-order valence-corrected chi connectivity index (χ0v) is 8.63. The molecule has 0 rings (SSSR count). The van der Waals surface area contributed by atoms with Gasteiger partial charge in [0.1, 0.15) is 0 Å². The molecule has 0 saturated carbocycles. The second-order valence-corrected chi connectivity index (χ2v) is 3.29. The fourth-order valence-electron chi connectivity index (χ4n) is 0.893. The molecule has 0 aromatic carbocycles. The molecule has 0 aromatic heterocycles. The van der Waals surface area contributed by atoms with Gasteiger partial charge in [0, 0.05) is 6.54 Å². The van der Waals surface area contributed by atoms with Crippen molar-refractivity contribution < 1.29 is 9.90 Å². The van der Waals surface area contributed by atoms with E-state index in [2.05, 4.69) is 10.6 Å². The largest absolute Gasteiger partial charge is 0.393 e. The van der Waals surface area contributed by atoms with Gasteiger partial charge in [-0.15, -0.1) is 0 Å². The number of rotatable bonds is 6. The van der Waals surface area contributed by atoms with Crippen molar-refractivity contribution in [1.29, 1.82) is 0 Å². The van der Waals surface area contributed by atoms with Gasteiger partial charge >= 0.3 is 0 Å². The summed E-state index contributed by atoms with van der Waals surface area (Å²) >= 11 is 0. The van der Waals surface area contributed by atoms with Crippen LogP contribution in [0.5, 0.6) is 0 Å². The van der Waals surface area contributed by atoms with Crippen molar-refractivity contribution in [2.75, 3.05) is 13.6 Å². The van der Waals surface area contributed by atoms with E-state index in [-0.39, 0.29) is 18.1 Å². The molecule has 0 radical (unpaired) electrons. The molecule has 0 fully saturated rings. The summed E-state index contributed by atoms with van der Waals surface area (Å²) in [5, 5.41) is 14.6. The van der Waals surface area contributed by atoms with E-state index in [1.54, 1.807) is 14.0 Å². The average molecular weight is 188 g/mol. The van der Waals surface area contributed by atoms with Crippen LogP contribution in [0.4, 0.5) is 0 Å². The summed E-state index contributed by atoms with van der Waals surface area (Å²) in [6.07, 6.45) is 1.27. The molecule has 1 amide bonds. The fourth-order valence-corrected chi connectivity index (χ4v) is 0.893. The minimum absolute atomic E-state index is 0.00749. The van der Waals surface area contributed by atoms with Crippen molar-refractivity contribution in [1.82, 2.24) is 10.6 Å². The minimum Gasteiger partial charge on any atom is -0.393 e. The van der Waals surface area contributed by atoms with Crippen LogP contribution in [0, 0.1) is 0 Å². The molecule has 0 heterocycles. The molecule has 13 heavy (non-hydrogen) atoms. The molecule has 0 saturated heterocycles. The Kier molecular flexibility index (Phi) is 6.54. The predicted molar refractivity (Wildman–Crippen MR) is 52.4 cm³/mol. The van der Waals surface area contributed by atoms with Crippen LogP contribution in [0.3, 0.4) is 0 Å². The van der Waals surface area contributed by atoms with Crippen LogP contribution in [0.1, 0.15) is 26.7 Å². The van der Waals surface area contributed by atoms with Gasteiger partial charge in [0.15, 0.2) is 0 Å². The van der Waals surface area contributed by atoms with E-state index in [4.69, 9.17) is 5.11 Å². The van der Waals surface area contributed by atoms with E-state index in [9.17, 15) is 4.79 Å². The van der Waals surface area contributed by atoms with Crippen LogP contribution in [-0.2, 0) is 4.79 Å². The van der Waals surface area contributed by atoms with Crippen LogP contribution in [0.2, 0.25) is 0 Å². The third-order valence-electron chi connectivity index (χ3n) is 1.92. The second kappa shape index (κ2) is 6.86. The molecule has 0 spiro atoms. The van der Waals surface area contributed by atoms with E-state index in [1.807, 2.05) is 6.92 Å². The topological polar surface area (TPSA) is 61.4 Å². The normalized spacial score (nSPS) is 15.1. The lowest BCUT2D eigenvalue weighted by Crippen LogP contribution is -2.40. The summed E-state index contributed by atoms with van der Waals surface area (Å²) in [5.74, 6) is 0.00749. The maximum atomic E-state index is 11.2. The molecule has 0 bridgehead atoms. The first kappa shape index (κ1) is 12.4. The predicted octanol–water partition coefficient (Wildman–Crippen LogP) is -0.128. The molecule has 0 aliphatic rings. The molecule has 2 unspecified atom stereocenters. The average Bonchev–Trinajstić information content (AvgIpc) is 2.10. The van der Waals surface area contributed by atoms with Crippen molar-refractivity contribution >= 4 is 5.91 Å². The number of hydrogen-bond donors (Lipinski definition) is 3. The molecule has 4 heteroatoms. The SMILES string of the molecule is CNC(C)C(=O)NCCCC(C)O. The zero-order chi connectivity index (χ0) is 10.3. The fraction of sp³-hybridized carbons (Fsp3) is 0.889. The number of hydrogen-bond acceptors (Lipinski definition) is 3. The molecule has 0 aromatic rings. The van der Waals surface area contributed by atoms with Crippen molar-refractivity contribution in [3.63, 3.8) is 0 Å². The maximum Gasteiger partial charge on any atom is 0.236 e. The Hall–Kier alpha value is -0.610. The summed E-state index contributed by atoms with van der Waals surface area (Å²) in [6, 6.07) is -0.147. The number of carbonyl (C=O) groups is 1. The van der Waals surface area contributed by atoms with Crippen LogP contribution >= 0.6 is 0 Å². The van der Waals surface area contributed by atoms with Crippen molar-refractivity contribution in [2.24, 2.45) is 0 Å². The van der Waals surface area contributed by atoms with Gasteiger partial charge < -0.3 is 15.7 Å². The van der Waals surface area contributed by atoms with Crippen LogP contribution in [-0.4, -0.2) is 36.8 Å². The van der Waals surface area contributed by atoms with Crippen molar-refractivity contribution in [3.8, 4) is 0 Å². The number of aliphatic hydroxyl groups excluding tert-OH is 1. The Labute approximate surface area is 79.7 Å². The highest BCUT2D eigenvalue weighted by Gasteiger charge is 2.08. The second-order valence-electron chi connectivity index (χ2n) is 3.29. The van der Waals surface area contributed by atoms with Gasteiger partial charge in [0.05, 0.1) is 12.1 Å². The Balaban J connectivity index is 3.37. The monoisotopic (exact) mass is 188 g/mol. The highest BCUT2D eigenvalue weighted by molar-refractivity contribution is 5.81. The molecular weight excluding hydrogens is 168 g/mol. The first-order chi connectivity index (χ1) is 6.07. The van der Waals surface area contributed by atoms with E-state index in [1.165, 1.54) is 0 Å². The van der Waals surface area contributed by atoms with E-state index in [0.29, 0.717) is 6.54 Å². The van der Waals surface area contributed by atoms with E-state index in [0.717, 1.165) is 12.8 Å². The number of nitrogens with one attached hydrogen (secondary N) is 2. The zero-order valence-electron chi connectivity index (χ0n) is 8.63. The number of carbonyl (C=O) groups excluding carboxylic acids is 1.